The Bertz CT molecular complexity index is 526. The number of aliphatic hydroxyl groups excluding tert-OH is 1. The average Bonchev–Trinajstić information content (AvgIpc) is 3.30. The number of ether oxygens (including phenoxy) is 1. The van der Waals surface area contributed by atoms with E-state index in [1.165, 1.54) is 6.92 Å². The summed E-state index contributed by atoms with van der Waals surface area (Å²) < 4.78 is 5.43. The third-order valence-corrected chi connectivity index (χ3v) is 3.84. The third kappa shape index (κ3) is 5.56. The molecular formula is C16H26N4O3. The van der Waals surface area contributed by atoms with Gasteiger partial charge in [0.2, 0.25) is 6.29 Å². The van der Waals surface area contributed by atoms with Crippen LogP contribution < -0.4 is 26.4 Å². The number of carbonyl (C=O) groups excluding carboxylic acids is 1. The zero-order valence-corrected chi connectivity index (χ0v) is 13.6. The van der Waals surface area contributed by atoms with Crippen LogP contribution in [0.25, 0.3) is 0 Å². The SMILES string of the molecule is CNC1NC1NCCC[C@H](N)C(O)Oc1cccc(C(C)=O)c1. The maximum Gasteiger partial charge on any atom is 0.212 e. The molecule has 1 aromatic rings. The van der Waals surface area contributed by atoms with Crippen LogP contribution in [0.1, 0.15) is 30.1 Å². The van der Waals surface area contributed by atoms with E-state index in [-0.39, 0.29) is 5.78 Å². The van der Waals surface area contributed by atoms with E-state index in [4.69, 9.17) is 10.5 Å². The highest BCUT2D eigenvalue weighted by Gasteiger charge is 2.33. The van der Waals surface area contributed by atoms with E-state index in [0.29, 0.717) is 30.1 Å². The standard InChI is InChI=1S/C16H26N4O3/c1-10(21)11-5-3-6-12(9-11)23-16(22)13(17)7-4-8-19-15-14(18-2)20-15/h3,5-6,9,13-16,18-20,22H,4,7-8,17H2,1-2H3/t13-,14?,15?,16?/m0/s1. The number of likely N-dealkylation sites (N-methyl/N-ethyl adjacent to an activating group) is 1. The smallest absolute Gasteiger partial charge is 0.212 e. The Morgan fingerprint density at radius 1 is 1.48 bits per heavy atom. The minimum absolute atomic E-state index is 0.0473. The van der Waals surface area contributed by atoms with Crippen LogP contribution >= 0.6 is 0 Å². The number of nitrogens with two attached hydrogens (primary N) is 1. The van der Waals surface area contributed by atoms with Gasteiger partial charge in [0.15, 0.2) is 5.78 Å². The molecule has 0 aromatic heterocycles. The molecule has 128 valence electrons. The van der Waals surface area contributed by atoms with Crippen molar-refractivity contribution < 1.29 is 14.6 Å². The molecule has 0 amide bonds. The number of ketones is 1. The van der Waals surface area contributed by atoms with E-state index in [1.54, 1.807) is 24.3 Å². The summed E-state index contributed by atoms with van der Waals surface area (Å²) in [6, 6.07) is 6.24. The molecule has 0 aliphatic carbocycles. The molecule has 1 aliphatic rings. The minimum Gasteiger partial charge on any atom is -0.463 e. The monoisotopic (exact) mass is 322 g/mol. The third-order valence-electron chi connectivity index (χ3n) is 3.84. The van der Waals surface area contributed by atoms with Gasteiger partial charge in [-0.05, 0) is 45.5 Å². The number of aliphatic hydroxyl groups is 1. The fourth-order valence-electron chi connectivity index (χ4n) is 2.32. The molecule has 1 aliphatic heterocycles. The average molecular weight is 322 g/mol. The van der Waals surface area contributed by atoms with Gasteiger partial charge in [-0.3, -0.25) is 15.4 Å². The van der Waals surface area contributed by atoms with Gasteiger partial charge in [0.1, 0.15) is 5.75 Å². The topological polar surface area (TPSA) is 119 Å². The lowest BCUT2D eigenvalue weighted by Crippen LogP contribution is -2.39. The van der Waals surface area contributed by atoms with Crippen molar-refractivity contribution in [3.8, 4) is 5.75 Å². The summed E-state index contributed by atoms with van der Waals surface area (Å²) in [5.74, 6) is 0.395. The normalized spacial score (nSPS) is 22.4. The van der Waals surface area contributed by atoms with Gasteiger partial charge in [0.25, 0.3) is 0 Å². The van der Waals surface area contributed by atoms with Gasteiger partial charge >= 0.3 is 0 Å². The van der Waals surface area contributed by atoms with E-state index in [0.717, 1.165) is 13.0 Å². The van der Waals surface area contributed by atoms with Crippen molar-refractivity contribution in [2.45, 2.75) is 44.4 Å². The summed E-state index contributed by atoms with van der Waals surface area (Å²) in [7, 11) is 1.91. The fourth-order valence-corrected chi connectivity index (χ4v) is 2.32. The zero-order chi connectivity index (χ0) is 16.8. The summed E-state index contributed by atoms with van der Waals surface area (Å²) in [5, 5.41) is 19.7. The lowest BCUT2D eigenvalue weighted by atomic mass is 10.1. The van der Waals surface area contributed by atoms with Crippen LogP contribution in [0.5, 0.6) is 5.75 Å². The lowest BCUT2D eigenvalue weighted by Gasteiger charge is -2.20. The van der Waals surface area contributed by atoms with Crippen LogP contribution in [0.15, 0.2) is 24.3 Å². The van der Waals surface area contributed by atoms with E-state index in [2.05, 4.69) is 16.0 Å². The van der Waals surface area contributed by atoms with E-state index in [9.17, 15) is 9.90 Å². The van der Waals surface area contributed by atoms with Crippen molar-refractivity contribution in [1.82, 2.24) is 16.0 Å². The molecule has 6 N–H and O–H groups in total. The van der Waals surface area contributed by atoms with Crippen molar-refractivity contribution in [2.75, 3.05) is 13.6 Å². The number of carbonyl (C=O) groups is 1. The second-order valence-corrected chi connectivity index (χ2v) is 5.76. The molecule has 1 heterocycles. The highest BCUT2D eigenvalue weighted by molar-refractivity contribution is 5.94. The molecule has 4 atom stereocenters. The van der Waals surface area contributed by atoms with Gasteiger partial charge in [-0.15, -0.1) is 0 Å². The Balaban J connectivity index is 1.69. The number of rotatable bonds is 10. The van der Waals surface area contributed by atoms with Gasteiger partial charge in [-0.2, -0.15) is 0 Å². The van der Waals surface area contributed by atoms with Crippen molar-refractivity contribution in [3.05, 3.63) is 29.8 Å². The number of Topliss-reactive ketones (excluding diaryl/α,β-unsaturated/α-hetero) is 1. The van der Waals surface area contributed by atoms with Gasteiger partial charge in [0.05, 0.1) is 18.4 Å². The number of benzene rings is 1. The summed E-state index contributed by atoms with van der Waals surface area (Å²) in [6.45, 7) is 2.30. The molecule has 3 unspecified atom stereocenters. The summed E-state index contributed by atoms with van der Waals surface area (Å²) in [5.41, 5.74) is 6.50. The van der Waals surface area contributed by atoms with Crippen molar-refractivity contribution in [1.29, 1.82) is 0 Å². The number of hydrogen-bond acceptors (Lipinski definition) is 7. The van der Waals surface area contributed by atoms with Crippen LogP contribution in [0.3, 0.4) is 0 Å². The van der Waals surface area contributed by atoms with Crippen molar-refractivity contribution in [3.63, 3.8) is 0 Å². The lowest BCUT2D eigenvalue weighted by molar-refractivity contribution is -0.0383. The molecule has 0 spiro atoms. The maximum absolute atomic E-state index is 11.3. The molecule has 7 nitrogen and oxygen atoms in total. The predicted octanol–water partition coefficient (Wildman–Crippen LogP) is -0.242. The molecule has 1 saturated heterocycles. The van der Waals surface area contributed by atoms with Crippen LogP contribution in [0.2, 0.25) is 0 Å². The molecular weight excluding hydrogens is 296 g/mol. The van der Waals surface area contributed by atoms with Crippen LogP contribution in [-0.2, 0) is 0 Å². The predicted molar refractivity (Wildman–Crippen MR) is 88.1 cm³/mol. The Morgan fingerprint density at radius 3 is 2.91 bits per heavy atom. The molecule has 23 heavy (non-hydrogen) atoms. The number of hydrogen-bond donors (Lipinski definition) is 5. The second-order valence-electron chi connectivity index (χ2n) is 5.76. The highest BCUT2D eigenvalue weighted by atomic mass is 16.6. The van der Waals surface area contributed by atoms with Crippen LogP contribution in [0.4, 0.5) is 0 Å². The molecule has 0 radical (unpaired) electrons. The maximum atomic E-state index is 11.3. The first-order valence-electron chi connectivity index (χ1n) is 7.89. The Hall–Kier alpha value is -1.51. The second kappa shape index (κ2) is 8.37. The van der Waals surface area contributed by atoms with Gasteiger partial charge in [0, 0.05) is 5.56 Å². The van der Waals surface area contributed by atoms with Crippen LogP contribution in [-0.4, -0.2) is 49.1 Å². The highest BCUT2D eigenvalue weighted by Crippen LogP contribution is 2.16. The molecule has 1 aromatic carbocycles. The van der Waals surface area contributed by atoms with E-state index < -0.39 is 12.3 Å². The van der Waals surface area contributed by atoms with Crippen molar-refractivity contribution in [2.24, 2.45) is 5.73 Å². The quantitative estimate of drug-likeness (QED) is 0.175. The number of nitrogens with one attached hydrogen (secondary N) is 3. The first kappa shape index (κ1) is 17.8. The Morgan fingerprint density at radius 2 is 2.26 bits per heavy atom. The first-order valence-corrected chi connectivity index (χ1v) is 7.89. The molecule has 0 bridgehead atoms. The Kier molecular flexibility index (Phi) is 6.49. The Labute approximate surface area is 136 Å². The van der Waals surface area contributed by atoms with Gasteiger partial charge in [-0.1, -0.05) is 12.1 Å². The first-order chi connectivity index (χ1) is 11.0. The molecule has 7 heteroatoms. The zero-order valence-electron chi connectivity index (χ0n) is 13.6. The van der Waals surface area contributed by atoms with E-state index in [1.807, 2.05) is 7.05 Å². The summed E-state index contributed by atoms with van der Waals surface area (Å²) in [4.78, 5) is 11.3. The molecule has 1 fully saturated rings. The fraction of sp³-hybridized carbons (Fsp3) is 0.562. The minimum atomic E-state index is -1.10. The van der Waals surface area contributed by atoms with Gasteiger partial charge < -0.3 is 20.9 Å². The van der Waals surface area contributed by atoms with Gasteiger partial charge in [-0.25, -0.2) is 0 Å². The van der Waals surface area contributed by atoms with E-state index >= 15 is 0 Å². The molecule has 2 rings (SSSR count). The molecule has 0 saturated carbocycles. The largest absolute Gasteiger partial charge is 0.463 e. The van der Waals surface area contributed by atoms with Crippen LogP contribution in [0, 0.1) is 0 Å². The van der Waals surface area contributed by atoms with Crippen molar-refractivity contribution >= 4 is 5.78 Å². The summed E-state index contributed by atoms with van der Waals surface area (Å²) in [6.07, 6.45) is 1.03. The summed E-state index contributed by atoms with van der Waals surface area (Å²) >= 11 is 0.